The molecule has 0 unspecified atom stereocenters. The van der Waals surface area contributed by atoms with Gasteiger partial charge in [-0.1, -0.05) is 31.4 Å². The van der Waals surface area contributed by atoms with Crippen LogP contribution in [0.2, 0.25) is 0 Å². The van der Waals surface area contributed by atoms with E-state index >= 15 is 0 Å². The van der Waals surface area contributed by atoms with Crippen molar-refractivity contribution in [3.8, 4) is 11.5 Å². The van der Waals surface area contributed by atoms with Crippen LogP contribution in [0.1, 0.15) is 91.7 Å². The van der Waals surface area contributed by atoms with E-state index in [1.807, 2.05) is 6.92 Å². The lowest BCUT2D eigenvalue weighted by atomic mass is 9.68. The highest BCUT2D eigenvalue weighted by atomic mass is 16.5. The third-order valence-corrected chi connectivity index (χ3v) is 4.19. The first-order valence-electron chi connectivity index (χ1n) is 13.6. The van der Waals surface area contributed by atoms with Crippen molar-refractivity contribution in [3.05, 3.63) is 34.9 Å². The molecule has 23 heavy (non-hydrogen) atoms. The molecule has 0 fully saturated rings. The van der Waals surface area contributed by atoms with Gasteiger partial charge in [-0.25, -0.2) is 0 Å². The summed E-state index contributed by atoms with van der Waals surface area (Å²) in [6.07, 6.45) is -0.531. The average molecular weight is 326 g/mol. The Labute approximate surface area is 156 Å². The van der Waals surface area contributed by atoms with Crippen molar-refractivity contribution in [2.24, 2.45) is 5.89 Å². The third-order valence-electron chi connectivity index (χ3n) is 4.19. The zero-order valence-corrected chi connectivity index (χ0v) is 13.5. The molecule has 0 saturated heterocycles. The van der Waals surface area contributed by atoms with E-state index in [0.717, 1.165) is 19.3 Å². The number of hydrogen-bond acceptors (Lipinski definition) is 2. The van der Waals surface area contributed by atoms with Crippen LogP contribution in [0.15, 0.2) is 23.8 Å². The molecule has 1 N–H and O–H groups in total. The lowest BCUT2D eigenvalue weighted by Crippen LogP contribution is -2.45. The molecular weight excluding hydrogens is 284 g/mol. The maximum Gasteiger partial charge on any atom is 0.127 e. The molecule has 126 valence electrons. The van der Waals surface area contributed by atoms with Crippen molar-refractivity contribution < 1.29 is 24.9 Å². The summed E-state index contributed by atoms with van der Waals surface area (Å²) in [4.78, 5) is 0. The van der Waals surface area contributed by atoms with Gasteiger partial charge in [0.1, 0.15) is 17.1 Å². The van der Waals surface area contributed by atoms with Crippen LogP contribution in [-0.2, 0) is 6.42 Å². The maximum atomic E-state index is 11.0. The fraction of sp³-hybridized carbons (Fsp3) is 0.619. The number of aryl methyl sites for hydroxylation is 1. The van der Waals surface area contributed by atoms with E-state index in [9.17, 15) is 7.85 Å². The zero-order valence-electron chi connectivity index (χ0n) is 24.5. The molecule has 0 aromatic heterocycles. The van der Waals surface area contributed by atoms with Crippen LogP contribution >= 0.6 is 0 Å². The molecule has 0 radical (unpaired) electrons. The Bertz CT molecular complexity index is 997. The molecule has 2 aliphatic rings. The van der Waals surface area contributed by atoms with Crippen LogP contribution in [0.5, 0.6) is 11.5 Å². The van der Waals surface area contributed by atoms with E-state index in [-0.39, 0.29) is 5.57 Å². The topological polar surface area (TPSA) is 29.5 Å². The molecule has 0 amide bonds. The molecule has 2 nitrogen and oxygen atoms in total. The second-order valence-electron chi connectivity index (χ2n) is 6.24. The summed E-state index contributed by atoms with van der Waals surface area (Å²) in [7, 11) is 0. The van der Waals surface area contributed by atoms with Crippen molar-refractivity contribution in [1.29, 1.82) is 0 Å². The molecule has 3 rings (SSSR count). The van der Waals surface area contributed by atoms with Gasteiger partial charge in [0.15, 0.2) is 0 Å². The van der Waals surface area contributed by atoms with Gasteiger partial charge < -0.3 is 9.84 Å². The zero-order chi connectivity index (χ0) is 26.1. The minimum Gasteiger partial charge on any atom is -0.507 e. The number of aromatic hydroxyl groups is 1. The van der Waals surface area contributed by atoms with E-state index in [4.69, 9.17) is 17.1 Å². The number of phenols is 1. The lowest BCUT2D eigenvalue weighted by Gasteiger charge is -2.46. The molecule has 2 heteroatoms. The number of rotatable bonds is 4. The number of fused-ring (bicyclic) bond motifs is 3. The summed E-state index contributed by atoms with van der Waals surface area (Å²) in [6.45, 7) is -3.78. The van der Waals surface area contributed by atoms with Crippen LogP contribution in [-0.4, -0.2) is 10.7 Å². The van der Waals surface area contributed by atoms with Crippen molar-refractivity contribution >= 4 is 0 Å². The van der Waals surface area contributed by atoms with Crippen molar-refractivity contribution in [1.82, 2.24) is 0 Å². The first kappa shape index (κ1) is 7.63. The SMILES string of the molecule is [2H]C1=C(C)CC([2H])([2H])[C@@]2([2H])C(C([2H])([2H])[2H])(C([2H])([2H])[2H])Oc3cc(CCCCC)cc(O)c3[C@]12[2H]. The Hall–Kier alpha value is -1.44. The van der Waals surface area contributed by atoms with Gasteiger partial charge in [0, 0.05) is 31.1 Å². The Kier molecular flexibility index (Phi) is 2.06. The number of benzene rings is 1. The van der Waals surface area contributed by atoms with Gasteiger partial charge in [-0.3, -0.25) is 0 Å². The van der Waals surface area contributed by atoms with Crippen molar-refractivity contribution in [2.45, 2.75) is 77.5 Å². The van der Waals surface area contributed by atoms with Gasteiger partial charge in [0.05, 0.1) is 1.37 Å². The predicted molar refractivity (Wildman–Crippen MR) is 95.3 cm³/mol. The molecule has 0 spiro atoms. The van der Waals surface area contributed by atoms with Crippen molar-refractivity contribution in [3.63, 3.8) is 0 Å². The second kappa shape index (κ2) is 6.22. The van der Waals surface area contributed by atoms with E-state index < -0.39 is 67.0 Å². The quantitative estimate of drug-likeness (QED) is 0.565. The average Bonchev–Trinajstić information content (AvgIpc) is 2.66. The minimum atomic E-state index is -3.59. The predicted octanol–water partition coefficient (Wildman–Crippen LogP) is 5.74. The number of ether oxygens (including phenoxy) is 1. The van der Waals surface area contributed by atoms with Gasteiger partial charge in [-0.2, -0.15) is 0 Å². The number of phenolic OH excluding ortho intramolecular Hbond substituents is 1. The molecule has 1 aromatic rings. The van der Waals surface area contributed by atoms with Crippen LogP contribution in [0.4, 0.5) is 0 Å². The third kappa shape index (κ3) is 3.13. The highest BCUT2D eigenvalue weighted by Crippen LogP contribution is 2.53. The van der Waals surface area contributed by atoms with Gasteiger partial charge >= 0.3 is 0 Å². The van der Waals surface area contributed by atoms with Crippen LogP contribution in [0.25, 0.3) is 0 Å². The summed E-state index contributed by atoms with van der Waals surface area (Å²) in [5.41, 5.74) is -3.38. The standard InChI is InChI=1S/C21H30O2/c1-5-6-7-8-15-12-18(22)20-16-11-14(2)9-10-17(16)21(3,4)23-19(20)13-15/h11-13,16-17,22H,5-10H2,1-4H3/t16-,17-/m1/s1/i3D3,4D3,10D2,11D,16D,17D. The Morgan fingerprint density at radius 2 is 2.30 bits per heavy atom. The largest absolute Gasteiger partial charge is 0.507 e. The minimum absolute atomic E-state index is 0.0622. The summed E-state index contributed by atoms with van der Waals surface area (Å²) in [5, 5.41) is 11.0. The highest BCUT2D eigenvalue weighted by Gasteiger charge is 2.45. The molecule has 0 saturated carbocycles. The molecule has 2 atom stereocenters. The Balaban J connectivity index is 2.51. The normalized spacial score (nSPS) is 42.3. The number of allylic oxidation sites excluding steroid dienone is 2. The molecule has 1 aliphatic carbocycles. The molecule has 1 aliphatic heterocycles. The molecule has 1 aromatic carbocycles. The van der Waals surface area contributed by atoms with Crippen LogP contribution < -0.4 is 4.74 Å². The highest BCUT2D eigenvalue weighted by molar-refractivity contribution is 5.53. The molecule has 0 bridgehead atoms. The fourth-order valence-electron chi connectivity index (χ4n) is 3.04. The summed E-state index contributed by atoms with van der Waals surface area (Å²) < 4.78 is 99.4. The smallest absolute Gasteiger partial charge is 0.127 e. The number of hydrogen-bond donors (Lipinski definition) is 1. The van der Waals surface area contributed by atoms with Gasteiger partial charge in [0.2, 0.25) is 0 Å². The number of unbranched alkanes of at least 4 members (excludes halogenated alkanes) is 2. The maximum absolute atomic E-state index is 11.0. The second-order valence-corrected chi connectivity index (χ2v) is 6.24. The van der Waals surface area contributed by atoms with Crippen LogP contribution in [0.3, 0.4) is 0 Å². The van der Waals surface area contributed by atoms with Gasteiger partial charge in [0.25, 0.3) is 0 Å². The monoisotopic (exact) mass is 325 g/mol. The first-order chi connectivity index (χ1) is 15.3. The van der Waals surface area contributed by atoms with Crippen molar-refractivity contribution in [2.75, 3.05) is 0 Å². The Morgan fingerprint density at radius 3 is 3.04 bits per heavy atom. The first-order valence-corrected chi connectivity index (χ1v) is 8.05. The lowest BCUT2D eigenvalue weighted by molar-refractivity contribution is 0.0107. The summed E-state index contributed by atoms with van der Waals surface area (Å²) >= 11 is 0. The van der Waals surface area contributed by atoms with Crippen LogP contribution in [0, 0.1) is 5.89 Å². The van der Waals surface area contributed by atoms with E-state index in [1.54, 1.807) is 0 Å². The van der Waals surface area contributed by atoms with E-state index in [0.29, 0.717) is 12.0 Å². The fourth-order valence-corrected chi connectivity index (χ4v) is 3.04. The summed E-state index contributed by atoms with van der Waals surface area (Å²) in [5.74, 6) is -7.20. The van der Waals surface area contributed by atoms with Gasteiger partial charge in [-0.15, -0.1) is 0 Å². The summed E-state index contributed by atoms with van der Waals surface area (Å²) in [6, 6.07) is 2.06. The van der Waals surface area contributed by atoms with E-state index in [2.05, 4.69) is 0 Å². The van der Waals surface area contributed by atoms with E-state index in [1.165, 1.54) is 19.1 Å². The Morgan fingerprint density at radius 1 is 1.48 bits per heavy atom. The molecule has 1 heterocycles. The molecular formula is C21H30O2. The van der Waals surface area contributed by atoms with Gasteiger partial charge in [-0.05, 0) is 64.0 Å².